The average molecular weight is 285 g/mol. The molecule has 112 valence electrons. The van der Waals surface area contributed by atoms with Crippen LogP contribution in [0, 0.1) is 0 Å². The number of hydrogen-bond acceptors (Lipinski definition) is 2. The molecule has 3 heteroatoms. The SMILES string of the molecule is O=C(O)CC1(c2ccc(C34CCN(CC3)CC4)cc2)CC1. The van der Waals surface area contributed by atoms with Gasteiger partial charge in [-0.3, -0.25) is 4.79 Å². The van der Waals surface area contributed by atoms with Crippen LogP contribution >= 0.6 is 0 Å². The molecule has 2 bridgehead atoms. The monoisotopic (exact) mass is 285 g/mol. The Kier molecular flexibility index (Phi) is 2.90. The zero-order valence-corrected chi connectivity index (χ0v) is 12.5. The van der Waals surface area contributed by atoms with Crippen LogP contribution in [0.4, 0.5) is 0 Å². The number of piperidine rings is 3. The Morgan fingerprint density at radius 2 is 1.48 bits per heavy atom. The molecule has 5 rings (SSSR count). The van der Waals surface area contributed by atoms with Crippen molar-refractivity contribution in [2.75, 3.05) is 19.6 Å². The quantitative estimate of drug-likeness (QED) is 0.924. The fourth-order valence-electron chi connectivity index (χ4n) is 4.45. The summed E-state index contributed by atoms with van der Waals surface area (Å²) >= 11 is 0. The highest BCUT2D eigenvalue weighted by Gasteiger charge is 2.46. The molecule has 1 saturated carbocycles. The number of carbonyl (C=O) groups is 1. The van der Waals surface area contributed by atoms with Gasteiger partial charge < -0.3 is 10.0 Å². The Morgan fingerprint density at radius 1 is 0.952 bits per heavy atom. The molecule has 4 aliphatic rings. The molecule has 0 atom stereocenters. The molecule has 0 aromatic heterocycles. The first kappa shape index (κ1) is 13.3. The van der Waals surface area contributed by atoms with E-state index in [4.69, 9.17) is 5.11 Å². The maximum absolute atomic E-state index is 11.0. The number of nitrogens with zero attached hydrogens (tertiary/aromatic N) is 1. The van der Waals surface area contributed by atoms with E-state index in [1.54, 1.807) is 0 Å². The summed E-state index contributed by atoms with van der Waals surface area (Å²) < 4.78 is 0. The zero-order chi connectivity index (χ0) is 14.5. The smallest absolute Gasteiger partial charge is 0.304 e. The molecule has 1 aromatic carbocycles. The van der Waals surface area contributed by atoms with E-state index in [1.807, 2.05) is 0 Å². The van der Waals surface area contributed by atoms with Crippen molar-refractivity contribution < 1.29 is 9.90 Å². The third-order valence-corrected chi connectivity index (χ3v) is 6.17. The van der Waals surface area contributed by atoms with E-state index < -0.39 is 5.97 Å². The van der Waals surface area contributed by atoms with Crippen LogP contribution in [0.2, 0.25) is 0 Å². The standard InChI is InChI=1S/C18H23NO2/c20-16(21)13-18(5-6-18)15-3-1-14(2-4-15)17-7-10-19(11-8-17)12-9-17/h1-4H,5-13H2,(H,20,21). The molecule has 3 nitrogen and oxygen atoms in total. The van der Waals surface area contributed by atoms with Crippen LogP contribution in [0.25, 0.3) is 0 Å². The fourth-order valence-corrected chi connectivity index (χ4v) is 4.45. The molecule has 4 fully saturated rings. The molecular weight excluding hydrogens is 262 g/mol. The van der Waals surface area contributed by atoms with Crippen molar-refractivity contribution in [3.63, 3.8) is 0 Å². The summed E-state index contributed by atoms with van der Waals surface area (Å²) in [7, 11) is 0. The Hall–Kier alpha value is -1.35. The van der Waals surface area contributed by atoms with Crippen molar-refractivity contribution in [3.8, 4) is 0 Å². The van der Waals surface area contributed by atoms with Gasteiger partial charge in [-0.2, -0.15) is 0 Å². The summed E-state index contributed by atoms with van der Waals surface area (Å²) in [6.45, 7) is 3.72. The van der Waals surface area contributed by atoms with Crippen LogP contribution in [-0.4, -0.2) is 35.6 Å². The molecule has 0 spiro atoms. The highest BCUT2D eigenvalue weighted by molar-refractivity contribution is 5.70. The van der Waals surface area contributed by atoms with Crippen molar-refractivity contribution in [2.45, 2.75) is 49.4 Å². The number of aliphatic carboxylic acids is 1. The average Bonchev–Trinajstić information content (AvgIpc) is 3.29. The second kappa shape index (κ2) is 4.57. The molecule has 1 aromatic rings. The van der Waals surface area contributed by atoms with Crippen molar-refractivity contribution in [1.29, 1.82) is 0 Å². The highest BCUT2D eigenvalue weighted by atomic mass is 16.4. The van der Waals surface area contributed by atoms with Gasteiger partial charge in [0.2, 0.25) is 0 Å². The Labute approximate surface area is 126 Å². The lowest BCUT2D eigenvalue weighted by Gasteiger charge is -2.49. The largest absolute Gasteiger partial charge is 0.481 e. The van der Waals surface area contributed by atoms with Gasteiger partial charge in [-0.25, -0.2) is 0 Å². The molecule has 0 radical (unpaired) electrons. The summed E-state index contributed by atoms with van der Waals surface area (Å²) in [4.78, 5) is 13.6. The maximum atomic E-state index is 11.0. The van der Waals surface area contributed by atoms with Crippen LogP contribution in [0.15, 0.2) is 24.3 Å². The van der Waals surface area contributed by atoms with Crippen LogP contribution in [0.3, 0.4) is 0 Å². The van der Waals surface area contributed by atoms with Crippen molar-refractivity contribution in [3.05, 3.63) is 35.4 Å². The van der Waals surface area contributed by atoms with Gasteiger partial charge in [0.25, 0.3) is 0 Å². The molecular formula is C18H23NO2. The second-order valence-electron chi connectivity index (χ2n) is 7.30. The normalized spacial score (nSPS) is 32.9. The molecule has 1 aliphatic carbocycles. The molecule has 3 heterocycles. The third kappa shape index (κ3) is 2.18. The Balaban J connectivity index is 1.58. The van der Waals surface area contributed by atoms with E-state index in [0.717, 1.165) is 12.8 Å². The number of carboxylic acids is 1. The topological polar surface area (TPSA) is 40.5 Å². The van der Waals surface area contributed by atoms with Crippen LogP contribution < -0.4 is 0 Å². The lowest BCUT2D eigenvalue weighted by Crippen LogP contribution is -2.50. The zero-order valence-electron chi connectivity index (χ0n) is 12.5. The first-order valence-electron chi connectivity index (χ1n) is 8.17. The van der Waals surface area contributed by atoms with E-state index >= 15 is 0 Å². The number of rotatable bonds is 4. The summed E-state index contributed by atoms with van der Waals surface area (Å²) in [5.41, 5.74) is 3.06. The first-order chi connectivity index (χ1) is 10.1. The van der Waals surface area contributed by atoms with Gasteiger partial charge in [-0.15, -0.1) is 0 Å². The maximum Gasteiger partial charge on any atom is 0.304 e. The van der Waals surface area contributed by atoms with E-state index in [0.29, 0.717) is 5.41 Å². The van der Waals surface area contributed by atoms with Gasteiger partial charge in [0.05, 0.1) is 6.42 Å². The highest BCUT2D eigenvalue weighted by Crippen LogP contribution is 2.51. The van der Waals surface area contributed by atoms with E-state index in [9.17, 15) is 4.79 Å². The lowest BCUT2D eigenvalue weighted by molar-refractivity contribution is -0.137. The van der Waals surface area contributed by atoms with Crippen LogP contribution in [0.1, 0.15) is 49.7 Å². The predicted octanol–water partition coefficient (Wildman–Crippen LogP) is 2.93. The first-order valence-corrected chi connectivity index (χ1v) is 8.17. The van der Waals surface area contributed by atoms with Crippen LogP contribution in [0.5, 0.6) is 0 Å². The van der Waals surface area contributed by atoms with E-state index in [2.05, 4.69) is 29.2 Å². The minimum atomic E-state index is -0.671. The number of benzene rings is 1. The van der Waals surface area contributed by atoms with Gasteiger partial charge in [-0.05, 0) is 68.3 Å². The van der Waals surface area contributed by atoms with Gasteiger partial charge in [-0.1, -0.05) is 24.3 Å². The van der Waals surface area contributed by atoms with Gasteiger partial charge in [0, 0.05) is 5.41 Å². The van der Waals surface area contributed by atoms with Crippen LogP contribution in [-0.2, 0) is 15.6 Å². The van der Waals surface area contributed by atoms with Gasteiger partial charge >= 0.3 is 5.97 Å². The fraction of sp³-hybridized carbons (Fsp3) is 0.611. The molecule has 1 N–H and O–H groups in total. The lowest BCUT2D eigenvalue weighted by atomic mass is 9.67. The second-order valence-corrected chi connectivity index (χ2v) is 7.30. The summed E-state index contributed by atoms with van der Waals surface area (Å²) in [5.74, 6) is -0.671. The summed E-state index contributed by atoms with van der Waals surface area (Å²) in [6, 6.07) is 9.00. The Bertz CT molecular complexity index is 537. The number of fused-ring (bicyclic) bond motifs is 3. The van der Waals surface area contributed by atoms with Crippen molar-refractivity contribution in [2.24, 2.45) is 0 Å². The van der Waals surface area contributed by atoms with Gasteiger partial charge in [0.15, 0.2) is 0 Å². The molecule has 3 aliphatic heterocycles. The summed E-state index contributed by atoms with van der Waals surface area (Å²) in [6.07, 6.45) is 6.19. The molecule has 0 unspecified atom stereocenters. The molecule has 3 saturated heterocycles. The number of carboxylic acid groups (broad SMARTS) is 1. The van der Waals surface area contributed by atoms with Crippen molar-refractivity contribution in [1.82, 2.24) is 4.90 Å². The van der Waals surface area contributed by atoms with Gasteiger partial charge in [0.1, 0.15) is 0 Å². The van der Waals surface area contributed by atoms with E-state index in [1.165, 1.54) is 50.0 Å². The predicted molar refractivity (Wildman–Crippen MR) is 81.6 cm³/mol. The third-order valence-electron chi connectivity index (χ3n) is 6.17. The molecule has 0 amide bonds. The van der Waals surface area contributed by atoms with E-state index in [-0.39, 0.29) is 11.8 Å². The minimum absolute atomic E-state index is 0.0576. The minimum Gasteiger partial charge on any atom is -0.481 e. The molecule has 21 heavy (non-hydrogen) atoms. The number of hydrogen-bond donors (Lipinski definition) is 1. The van der Waals surface area contributed by atoms with Crippen molar-refractivity contribution >= 4 is 5.97 Å². The summed E-state index contributed by atoms with van der Waals surface area (Å²) in [5, 5.41) is 9.09. The Morgan fingerprint density at radius 3 is 1.95 bits per heavy atom.